The van der Waals surface area contributed by atoms with Crippen LogP contribution in [0.2, 0.25) is 18.6 Å². The lowest BCUT2D eigenvalue weighted by molar-refractivity contribution is -0.146. The summed E-state index contributed by atoms with van der Waals surface area (Å²) < 4.78 is 6.79. The van der Waals surface area contributed by atoms with E-state index in [4.69, 9.17) is 4.74 Å². The molecule has 2 aliphatic heterocycles. The molecule has 282 valence electrons. The summed E-state index contributed by atoms with van der Waals surface area (Å²) in [6, 6.07) is 28.6. The smallest absolute Gasteiger partial charge is 0.264 e. The Balaban J connectivity index is 1.06. The maximum absolute atomic E-state index is 14.9. The molecule has 0 unspecified atom stereocenters. The second-order valence-corrected chi connectivity index (χ2v) is 19.3. The highest BCUT2D eigenvalue weighted by Crippen LogP contribution is 2.60. The Morgan fingerprint density at radius 3 is 1.98 bits per heavy atom. The SMILES string of the molecule is C[C@H]1[C@H]([Si](C)(C)O)[C@@H](CCO)O[C@]12C(=O)N(Cc1ccc(NC(=O)Cc3c[nH]c4ccccc34)cc1)c1ccc(NC(=O)Cc3c[nH]c4ccccc34)cc12. The lowest BCUT2D eigenvalue weighted by atomic mass is 9.82. The van der Waals surface area contributed by atoms with Crippen LogP contribution < -0.4 is 15.5 Å². The number of aromatic amines is 2. The van der Waals surface area contributed by atoms with E-state index in [0.29, 0.717) is 22.6 Å². The van der Waals surface area contributed by atoms with Crippen LogP contribution in [0, 0.1) is 5.92 Å². The van der Waals surface area contributed by atoms with Gasteiger partial charge in [-0.25, -0.2) is 0 Å². The largest absolute Gasteiger partial charge is 0.432 e. The number of H-pyrrole nitrogens is 2. The van der Waals surface area contributed by atoms with Crippen molar-refractivity contribution in [1.82, 2.24) is 9.97 Å². The number of aliphatic hydroxyl groups is 1. The molecule has 4 heterocycles. The third-order valence-corrected chi connectivity index (χ3v) is 13.8. The summed E-state index contributed by atoms with van der Waals surface area (Å²) >= 11 is 0. The third-order valence-electron chi connectivity index (χ3n) is 11.3. The van der Waals surface area contributed by atoms with Gasteiger partial charge >= 0.3 is 0 Å². The van der Waals surface area contributed by atoms with Crippen LogP contribution in [0.3, 0.4) is 0 Å². The number of para-hydroxylation sites is 2. The fourth-order valence-electron chi connectivity index (χ4n) is 8.90. The number of aromatic nitrogens is 2. The van der Waals surface area contributed by atoms with Gasteiger partial charge < -0.3 is 40.1 Å². The number of ether oxygens (including phenoxy) is 1. The maximum atomic E-state index is 14.9. The van der Waals surface area contributed by atoms with Crippen molar-refractivity contribution in [2.24, 2.45) is 5.92 Å². The van der Waals surface area contributed by atoms with E-state index in [1.54, 1.807) is 11.0 Å². The Bertz CT molecular complexity index is 2420. The molecule has 4 aromatic carbocycles. The summed E-state index contributed by atoms with van der Waals surface area (Å²) in [6.45, 7) is 5.74. The van der Waals surface area contributed by atoms with Crippen molar-refractivity contribution in [3.05, 3.63) is 126 Å². The minimum Gasteiger partial charge on any atom is -0.432 e. The lowest BCUT2D eigenvalue weighted by Crippen LogP contribution is -2.46. The van der Waals surface area contributed by atoms with Gasteiger partial charge in [0.2, 0.25) is 11.8 Å². The van der Waals surface area contributed by atoms with E-state index in [-0.39, 0.29) is 55.7 Å². The number of carbonyl (C=O) groups is 3. The van der Waals surface area contributed by atoms with Gasteiger partial charge in [0.1, 0.15) is 0 Å². The number of carbonyl (C=O) groups excluding carboxylic acids is 3. The molecule has 1 saturated heterocycles. The summed E-state index contributed by atoms with van der Waals surface area (Å²) in [5, 5.41) is 18.0. The van der Waals surface area contributed by atoms with Crippen LogP contribution in [0.25, 0.3) is 21.8 Å². The number of aliphatic hydroxyl groups excluding tert-OH is 1. The Labute approximate surface area is 319 Å². The van der Waals surface area contributed by atoms with Crippen molar-refractivity contribution in [2.45, 2.75) is 63.1 Å². The van der Waals surface area contributed by atoms with E-state index in [2.05, 4.69) is 20.6 Å². The van der Waals surface area contributed by atoms with Gasteiger partial charge in [-0.15, -0.1) is 0 Å². The van der Waals surface area contributed by atoms with E-state index >= 15 is 0 Å². The fourth-order valence-corrected chi connectivity index (χ4v) is 11.5. The molecule has 11 nitrogen and oxygen atoms in total. The summed E-state index contributed by atoms with van der Waals surface area (Å²) in [6.07, 6.45) is 3.85. The minimum absolute atomic E-state index is 0.137. The predicted octanol–water partition coefficient (Wildman–Crippen LogP) is 6.74. The topological polar surface area (TPSA) is 160 Å². The molecule has 12 heteroatoms. The lowest BCUT2D eigenvalue weighted by Gasteiger charge is -2.32. The molecule has 0 aliphatic carbocycles. The third kappa shape index (κ3) is 6.65. The molecule has 0 radical (unpaired) electrons. The van der Waals surface area contributed by atoms with Crippen molar-refractivity contribution < 1.29 is 29.0 Å². The molecule has 1 fully saturated rings. The zero-order valence-electron chi connectivity index (χ0n) is 31.1. The number of fused-ring (bicyclic) bond motifs is 4. The normalized spacial score (nSPS) is 20.8. The first-order chi connectivity index (χ1) is 26.5. The molecule has 6 N–H and O–H groups in total. The van der Waals surface area contributed by atoms with Gasteiger partial charge in [-0.05, 0) is 78.7 Å². The highest BCUT2D eigenvalue weighted by Gasteiger charge is 2.66. The van der Waals surface area contributed by atoms with Crippen LogP contribution >= 0.6 is 0 Å². The summed E-state index contributed by atoms with van der Waals surface area (Å²) in [5.41, 5.74) is 5.27. The van der Waals surface area contributed by atoms with Crippen molar-refractivity contribution >= 4 is 64.9 Å². The number of nitrogens with zero attached hydrogens (tertiary/aromatic N) is 1. The Kier molecular flexibility index (Phi) is 9.46. The summed E-state index contributed by atoms with van der Waals surface area (Å²) in [4.78, 5) is 60.9. The van der Waals surface area contributed by atoms with E-state index in [1.807, 2.05) is 117 Å². The highest BCUT2D eigenvalue weighted by molar-refractivity contribution is 6.71. The van der Waals surface area contributed by atoms with Crippen LogP contribution in [0.1, 0.15) is 35.6 Å². The second kappa shape index (κ2) is 14.3. The molecule has 8 rings (SSSR count). The van der Waals surface area contributed by atoms with E-state index in [0.717, 1.165) is 38.5 Å². The fraction of sp³-hybridized carbons (Fsp3) is 0.279. The first-order valence-electron chi connectivity index (χ1n) is 18.7. The van der Waals surface area contributed by atoms with Crippen LogP contribution in [0.4, 0.5) is 17.1 Å². The number of hydrogen-bond donors (Lipinski definition) is 6. The number of nitrogens with one attached hydrogen (secondary N) is 4. The predicted molar refractivity (Wildman–Crippen MR) is 216 cm³/mol. The Morgan fingerprint density at radius 2 is 1.40 bits per heavy atom. The molecule has 4 atom stereocenters. The summed E-state index contributed by atoms with van der Waals surface area (Å²) in [5.74, 6) is -1.01. The van der Waals surface area contributed by atoms with Crippen LogP contribution in [-0.2, 0) is 44.1 Å². The van der Waals surface area contributed by atoms with Gasteiger partial charge in [-0.2, -0.15) is 0 Å². The number of benzene rings is 4. The molecule has 6 aromatic rings. The van der Waals surface area contributed by atoms with Crippen LogP contribution in [0.5, 0.6) is 0 Å². The van der Waals surface area contributed by atoms with Crippen molar-refractivity contribution in [1.29, 1.82) is 0 Å². The Morgan fingerprint density at radius 1 is 0.836 bits per heavy atom. The second-order valence-electron chi connectivity index (χ2n) is 15.4. The maximum Gasteiger partial charge on any atom is 0.264 e. The number of rotatable bonds is 11. The minimum atomic E-state index is -2.90. The Hall–Kier alpha value is -5.53. The van der Waals surface area contributed by atoms with E-state index in [1.165, 1.54) is 0 Å². The molecule has 3 amide bonds. The molecule has 55 heavy (non-hydrogen) atoms. The van der Waals surface area contributed by atoms with E-state index < -0.39 is 25.9 Å². The van der Waals surface area contributed by atoms with Crippen molar-refractivity contribution in [3.63, 3.8) is 0 Å². The molecule has 1 spiro atoms. The van der Waals surface area contributed by atoms with Gasteiger partial charge in [0, 0.05) is 69.2 Å². The zero-order chi connectivity index (χ0) is 38.5. The molecule has 0 saturated carbocycles. The van der Waals surface area contributed by atoms with Gasteiger partial charge in [0.15, 0.2) is 13.9 Å². The number of hydrogen-bond acceptors (Lipinski definition) is 6. The van der Waals surface area contributed by atoms with Crippen molar-refractivity contribution in [3.8, 4) is 0 Å². The standard InChI is InChI=1S/C43H45N5O6Si/c1-26-41(55(2,3)53)38(18-19-49)54-43(26)34-22-31(47-40(51)21-29-24-45-36-11-7-5-9-33(29)36)16-17-37(34)48(42(43)52)25-27-12-14-30(15-13-27)46-39(50)20-28-23-44-35-10-6-4-8-32(28)35/h4-17,22-24,26,38,41,44-45,49,53H,18-21,25H2,1-3H3,(H,46,50)(H,47,51)/t26-,38+,41-,43+/m0/s1. The molecule has 2 aliphatic rings. The van der Waals surface area contributed by atoms with Crippen LogP contribution in [-0.4, -0.2) is 58.6 Å². The first-order valence-corrected chi connectivity index (χ1v) is 21.7. The monoisotopic (exact) mass is 755 g/mol. The first kappa shape index (κ1) is 36.4. The molecule has 0 bridgehead atoms. The van der Waals surface area contributed by atoms with Crippen molar-refractivity contribution in [2.75, 3.05) is 22.1 Å². The zero-order valence-corrected chi connectivity index (χ0v) is 32.1. The van der Waals surface area contributed by atoms with Crippen LogP contribution in [0.15, 0.2) is 103 Å². The van der Waals surface area contributed by atoms with Gasteiger partial charge in [0.05, 0.1) is 31.2 Å². The number of anilines is 3. The quantitative estimate of drug-likeness (QED) is 0.0804. The number of amides is 3. The molecule has 2 aromatic heterocycles. The molecular weight excluding hydrogens is 711 g/mol. The van der Waals surface area contributed by atoms with Gasteiger partial charge in [-0.1, -0.05) is 55.5 Å². The van der Waals surface area contributed by atoms with Gasteiger partial charge in [0.25, 0.3) is 5.91 Å². The molecular formula is C43H45N5O6Si. The highest BCUT2D eigenvalue weighted by atomic mass is 28.4. The average molecular weight is 756 g/mol. The summed E-state index contributed by atoms with van der Waals surface area (Å²) in [7, 11) is -2.90. The average Bonchev–Trinajstić information content (AvgIpc) is 3.89. The van der Waals surface area contributed by atoms with E-state index in [9.17, 15) is 24.3 Å². The van der Waals surface area contributed by atoms with Gasteiger partial charge in [-0.3, -0.25) is 14.4 Å².